The largest absolute Gasteiger partial charge is 0.493 e. The summed E-state index contributed by atoms with van der Waals surface area (Å²) in [4.78, 5) is 12.4. The number of ether oxygens (including phenoxy) is 3. The van der Waals surface area contributed by atoms with Crippen molar-refractivity contribution in [1.82, 2.24) is 15.0 Å². The van der Waals surface area contributed by atoms with Crippen molar-refractivity contribution in [3.05, 3.63) is 41.7 Å². The Bertz CT molecular complexity index is 1270. The van der Waals surface area contributed by atoms with Gasteiger partial charge in [0, 0.05) is 23.2 Å². The molecule has 152 valence electrons. The molecule has 0 aliphatic heterocycles. The summed E-state index contributed by atoms with van der Waals surface area (Å²) in [7, 11) is 4.62. The van der Waals surface area contributed by atoms with Gasteiger partial charge in [0.2, 0.25) is 5.75 Å². The van der Waals surface area contributed by atoms with E-state index >= 15 is 0 Å². The van der Waals surface area contributed by atoms with Crippen LogP contribution in [0.15, 0.2) is 30.3 Å². The van der Waals surface area contributed by atoms with Crippen LogP contribution in [0.1, 0.15) is 11.4 Å². The number of imidazole rings is 1. The second-order valence-corrected chi connectivity index (χ2v) is 6.65. The molecular formula is C21H18ClN5O3. The fraction of sp³-hybridized carbons (Fsp3) is 0.190. The van der Waals surface area contributed by atoms with E-state index in [-0.39, 0.29) is 5.88 Å². The Hall–Kier alpha value is -3.70. The third-order valence-corrected chi connectivity index (χ3v) is 4.91. The number of nitrogens with zero attached hydrogens (tertiary/aromatic N) is 3. The summed E-state index contributed by atoms with van der Waals surface area (Å²) in [5, 5.41) is 13.7. The Balaban J connectivity index is 1.87. The Morgan fingerprint density at radius 1 is 1.03 bits per heavy atom. The molecule has 2 N–H and O–H groups in total. The monoisotopic (exact) mass is 423 g/mol. The van der Waals surface area contributed by atoms with Gasteiger partial charge in [-0.15, -0.1) is 11.6 Å². The van der Waals surface area contributed by atoms with Crippen LogP contribution in [0.25, 0.3) is 21.9 Å². The number of nitriles is 1. The van der Waals surface area contributed by atoms with E-state index in [1.165, 1.54) is 7.11 Å². The van der Waals surface area contributed by atoms with Gasteiger partial charge >= 0.3 is 0 Å². The zero-order valence-corrected chi connectivity index (χ0v) is 17.3. The molecule has 30 heavy (non-hydrogen) atoms. The first-order valence-electron chi connectivity index (χ1n) is 8.97. The van der Waals surface area contributed by atoms with Crippen LogP contribution in [0.5, 0.6) is 17.2 Å². The van der Waals surface area contributed by atoms with Crippen molar-refractivity contribution in [1.29, 1.82) is 5.26 Å². The van der Waals surface area contributed by atoms with Gasteiger partial charge in [-0.25, -0.2) is 9.97 Å². The number of halogens is 1. The first kappa shape index (κ1) is 19.6. The van der Waals surface area contributed by atoms with E-state index in [9.17, 15) is 5.26 Å². The van der Waals surface area contributed by atoms with Gasteiger partial charge in [0.15, 0.2) is 11.5 Å². The van der Waals surface area contributed by atoms with Crippen molar-refractivity contribution >= 4 is 45.0 Å². The van der Waals surface area contributed by atoms with E-state index in [0.717, 1.165) is 10.9 Å². The predicted octanol–water partition coefficient (Wildman–Crippen LogP) is 4.49. The lowest BCUT2D eigenvalue weighted by Gasteiger charge is -2.15. The van der Waals surface area contributed by atoms with E-state index in [4.69, 9.17) is 30.8 Å². The first-order chi connectivity index (χ1) is 14.6. The van der Waals surface area contributed by atoms with Crippen LogP contribution in [0.3, 0.4) is 0 Å². The molecule has 0 atom stereocenters. The molecule has 2 heterocycles. The summed E-state index contributed by atoms with van der Waals surface area (Å²) >= 11 is 5.91. The van der Waals surface area contributed by atoms with Crippen LogP contribution in [-0.4, -0.2) is 36.3 Å². The number of methoxy groups -OCH3 is 3. The Kier molecular flexibility index (Phi) is 5.21. The molecule has 9 heteroatoms. The van der Waals surface area contributed by atoms with E-state index in [0.29, 0.717) is 51.2 Å². The molecule has 0 saturated carbocycles. The lowest BCUT2D eigenvalue weighted by atomic mass is 10.1. The Morgan fingerprint density at radius 2 is 1.77 bits per heavy atom. The highest BCUT2D eigenvalue weighted by Crippen LogP contribution is 2.41. The minimum atomic E-state index is 0.267. The number of aromatic nitrogens is 3. The maximum atomic E-state index is 9.66. The molecule has 0 saturated heterocycles. The third-order valence-electron chi connectivity index (χ3n) is 4.66. The van der Waals surface area contributed by atoms with Crippen LogP contribution < -0.4 is 19.5 Å². The minimum absolute atomic E-state index is 0.267. The lowest BCUT2D eigenvalue weighted by Crippen LogP contribution is -2.01. The molecule has 0 amide bonds. The number of hydrogen-bond acceptors (Lipinski definition) is 7. The third kappa shape index (κ3) is 3.29. The second kappa shape index (κ2) is 7.97. The maximum Gasteiger partial charge on any atom is 0.203 e. The van der Waals surface area contributed by atoms with E-state index in [2.05, 4.69) is 21.4 Å². The van der Waals surface area contributed by atoms with E-state index in [1.54, 1.807) is 32.4 Å². The topological polar surface area (TPSA) is 105 Å². The Morgan fingerprint density at radius 3 is 2.37 bits per heavy atom. The number of anilines is 2. The summed E-state index contributed by atoms with van der Waals surface area (Å²) in [5.41, 5.74) is 3.20. The molecular weight excluding hydrogens is 406 g/mol. The van der Waals surface area contributed by atoms with E-state index in [1.807, 2.05) is 12.1 Å². The smallest absolute Gasteiger partial charge is 0.203 e. The SMILES string of the molecule is COc1cc(Nc2nc3c(ccc4[nH]c(CCl)nc43)cc2C#N)cc(OC)c1OC. The number of nitrogens with one attached hydrogen (secondary N) is 2. The molecule has 0 bridgehead atoms. The van der Waals surface area contributed by atoms with Gasteiger partial charge in [0.25, 0.3) is 0 Å². The van der Waals surface area contributed by atoms with Crippen molar-refractivity contribution < 1.29 is 14.2 Å². The number of rotatable bonds is 6. The van der Waals surface area contributed by atoms with Crippen LogP contribution in [-0.2, 0) is 5.88 Å². The van der Waals surface area contributed by atoms with Gasteiger partial charge < -0.3 is 24.5 Å². The van der Waals surface area contributed by atoms with Crippen LogP contribution in [0.2, 0.25) is 0 Å². The highest BCUT2D eigenvalue weighted by atomic mass is 35.5. The molecule has 4 rings (SSSR count). The average Bonchev–Trinajstić information content (AvgIpc) is 3.21. The normalized spacial score (nSPS) is 10.8. The predicted molar refractivity (Wildman–Crippen MR) is 115 cm³/mol. The van der Waals surface area contributed by atoms with Gasteiger partial charge in [0.1, 0.15) is 28.7 Å². The lowest BCUT2D eigenvalue weighted by molar-refractivity contribution is 0.324. The van der Waals surface area contributed by atoms with Gasteiger partial charge in [0.05, 0.1) is 38.3 Å². The zero-order valence-electron chi connectivity index (χ0n) is 16.5. The highest BCUT2D eigenvalue weighted by molar-refractivity contribution is 6.17. The highest BCUT2D eigenvalue weighted by Gasteiger charge is 2.16. The summed E-state index contributed by atoms with van der Waals surface area (Å²) < 4.78 is 16.2. The molecule has 2 aromatic carbocycles. The second-order valence-electron chi connectivity index (χ2n) is 6.39. The number of fused-ring (bicyclic) bond motifs is 3. The number of benzene rings is 2. The Labute approximate surface area is 177 Å². The van der Waals surface area contributed by atoms with Crippen molar-refractivity contribution in [3.8, 4) is 23.3 Å². The summed E-state index contributed by atoms with van der Waals surface area (Å²) in [5.74, 6) is 2.76. The molecule has 0 aliphatic rings. The summed E-state index contributed by atoms with van der Waals surface area (Å²) in [6, 6.07) is 11.2. The summed E-state index contributed by atoms with van der Waals surface area (Å²) in [6.07, 6.45) is 0. The van der Waals surface area contributed by atoms with Crippen molar-refractivity contribution in [3.63, 3.8) is 0 Å². The molecule has 8 nitrogen and oxygen atoms in total. The number of aromatic amines is 1. The van der Waals surface area contributed by atoms with Crippen molar-refractivity contribution in [2.24, 2.45) is 0 Å². The standard InChI is InChI=1S/C21H18ClN5O3/c1-28-15-7-13(8-16(29-2)20(15)30-3)24-21-12(10-23)6-11-4-5-14-19(18(11)27-21)26-17(9-22)25-14/h4-8H,9H2,1-3H3,(H,24,27)(H,25,26). The molecule has 0 unspecified atom stereocenters. The van der Waals surface area contributed by atoms with Crippen LogP contribution in [0, 0.1) is 11.3 Å². The van der Waals surface area contributed by atoms with E-state index < -0.39 is 0 Å². The molecule has 2 aromatic heterocycles. The first-order valence-corrected chi connectivity index (χ1v) is 9.50. The quantitative estimate of drug-likeness (QED) is 0.440. The fourth-order valence-corrected chi connectivity index (χ4v) is 3.42. The molecule has 0 radical (unpaired) electrons. The van der Waals surface area contributed by atoms with Gasteiger partial charge in [-0.05, 0) is 12.1 Å². The van der Waals surface area contributed by atoms with Crippen molar-refractivity contribution in [2.75, 3.05) is 26.6 Å². The number of H-pyrrole nitrogens is 1. The number of hydrogen-bond donors (Lipinski definition) is 2. The molecule has 4 aromatic rings. The van der Waals surface area contributed by atoms with Crippen molar-refractivity contribution in [2.45, 2.75) is 5.88 Å². The maximum absolute atomic E-state index is 9.66. The van der Waals surface area contributed by atoms with Crippen LogP contribution >= 0.6 is 11.6 Å². The fourth-order valence-electron chi connectivity index (χ4n) is 3.29. The summed E-state index contributed by atoms with van der Waals surface area (Å²) in [6.45, 7) is 0. The minimum Gasteiger partial charge on any atom is -0.493 e. The zero-order chi connectivity index (χ0) is 21.3. The average molecular weight is 424 g/mol. The van der Waals surface area contributed by atoms with Gasteiger partial charge in [-0.3, -0.25) is 0 Å². The molecule has 0 aliphatic carbocycles. The van der Waals surface area contributed by atoms with Crippen LogP contribution in [0.4, 0.5) is 11.5 Å². The number of pyridine rings is 1. The van der Waals surface area contributed by atoms with Gasteiger partial charge in [-0.1, -0.05) is 6.07 Å². The molecule has 0 spiro atoms. The number of alkyl halides is 1. The van der Waals surface area contributed by atoms with Gasteiger partial charge in [-0.2, -0.15) is 5.26 Å². The molecule has 0 fully saturated rings.